The number of nitrogens with zero attached hydrogens (tertiary/aromatic N) is 1. The first-order valence-corrected chi connectivity index (χ1v) is 11.4. The minimum atomic E-state index is -5.01. The van der Waals surface area contributed by atoms with Crippen LogP contribution in [0.3, 0.4) is 0 Å². The minimum Gasteiger partial charge on any atom is -0.462 e. The molecular formula is C24H31F3N2O5. The van der Waals surface area contributed by atoms with E-state index >= 15 is 0 Å². The van der Waals surface area contributed by atoms with E-state index in [9.17, 15) is 28.1 Å². The second-order valence-corrected chi connectivity index (χ2v) is 8.21. The zero-order chi connectivity index (χ0) is 25.3. The maximum absolute atomic E-state index is 13.0. The topological polar surface area (TPSA) is 90.7 Å². The van der Waals surface area contributed by atoms with Crippen LogP contribution >= 0.6 is 0 Å². The molecule has 1 heterocycles. The molecule has 0 saturated carbocycles. The van der Waals surface area contributed by atoms with Crippen LogP contribution in [0.25, 0.3) is 0 Å². The van der Waals surface area contributed by atoms with Crippen LogP contribution in [0.2, 0.25) is 0 Å². The molecule has 7 nitrogen and oxygen atoms in total. The fourth-order valence-corrected chi connectivity index (χ4v) is 4.04. The highest BCUT2D eigenvalue weighted by Crippen LogP contribution is 2.43. The van der Waals surface area contributed by atoms with Crippen molar-refractivity contribution in [1.82, 2.24) is 5.32 Å². The summed E-state index contributed by atoms with van der Waals surface area (Å²) in [6.07, 6.45) is 2.10. The van der Waals surface area contributed by atoms with Gasteiger partial charge in [-0.3, -0.25) is 10.1 Å². The number of alkyl halides is 3. The number of rotatable bonds is 12. The molecule has 1 unspecified atom stereocenters. The van der Waals surface area contributed by atoms with Gasteiger partial charge in [0.25, 0.3) is 5.70 Å². The first-order chi connectivity index (χ1) is 16.1. The monoisotopic (exact) mass is 484 g/mol. The van der Waals surface area contributed by atoms with Crippen LogP contribution in [0.4, 0.5) is 13.2 Å². The molecule has 0 aliphatic carbocycles. The van der Waals surface area contributed by atoms with E-state index in [0.29, 0.717) is 6.42 Å². The molecule has 0 saturated heterocycles. The fourth-order valence-electron chi connectivity index (χ4n) is 4.04. The molecule has 10 heteroatoms. The third-order valence-corrected chi connectivity index (χ3v) is 5.58. The number of halogens is 3. The van der Waals surface area contributed by atoms with Crippen LogP contribution in [-0.2, 0) is 9.53 Å². The number of unbranched alkanes of at least 4 members (excludes halogenated alkanes) is 6. The van der Waals surface area contributed by atoms with Crippen molar-refractivity contribution in [2.24, 2.45) is 0 Å². The Morgan fingerprint density at radius 2 is 1.68 bits per heavy atom. The van der Waals surface area contributed by atoms with Crippen molar-refractivity contribution in [2.45, 2.75) is 78.0 Å². The van der Waals surface area contributed by atoms with Crippen molar-refractivity contribution in [3.8, 4) is 5.75 Å². The van der Waals surface area contributed by atoms with Gasteiger partial charge < -0.3 is 14.8 Å². The summed E-state index contributed by atoms with van der Waals surface area (Å²) in [5.41, 5.74) is -0.294. The Bertz CT molecular complexity index is 941. The first kappa shape index (κ1) is 27.2. The summed E-state index contributed by atoms with van der Waals surface area (Å²) < 4.78 is 48.5. The van der Waals surface area contributed by atoms with Gasteiger partial charge in [-0.2, -0.15) is 0 Å². The number of dihydropyridines is 1. The highest BCUT2D eigenvalue weighted by molar-refractivity contribution is 5.92. The molecule has 1 aromatic carbocycles. The van der Waals surface area contributed by atoms with E-state index in [1.54, 1.807) is 0 Å². The van der Waals surface area contributed by atoms with Crippen LogP contribution in [0.5, 0.6) is 5.75 Å². The van der Waals surface area contributed by atoms with Crippen LogP contribution in [0.15, 0.2) is 46.9 Å². The minimum absolute atomic E-state index is 0.113. The summed E-state index contributed by atoms with van der Waals surface area (Å²) >= 11 is 0. The third-order valence-electron chi connectivity index (χ3n) is 5.58. The van der Waals surface area contributed by atoms with Crippen LogP contribution < -0.4 is 10.1 Å². The van der Waals surface area contributed by atoms with E-state index in [0.717, 1.165) is 38.2 Å². The zero-order valence-corrected chi connectivity index (χ0v) is 19.7. The van der Waals surface area contributed by atoms with Gasteiger partial charge in [-0.25, -0.2) is 4.79 Å². The molecule has 1 N–H and O–H groups in total. The smallest absolute Gasteiger partial charge is 0.462 e. The molecule has 1 aliphatic rings. The van der Waals surface area contributed by atoms with Gasteiger partial charge in [-0.15, -0.1) is 13.2 Å². The number of benzene rings is 1. The lowest BCUT2D eigenvalue weighted by Crippen LogP contribution is -2.32. The Balaban J connectivity index is 2.28. The van der Waals surface area contributed by atoms with Crippen molar-refractivity contribution in [1.29, 1.82) is 0 Å². The summed E-state index contributed by atoms with van der Waals surface area (Å²) in [4.78, 5) is 24.2. The lowest BCUT2D eigenvalue weighted by Gasteiger charge is -2.27. The fraction of sp³-hybridized carbons (Fsp3) is 0.542. The van der Waals surface area contributed by atoms with E-state index in [4.69, 9.17) is 4.74 Å². The number of nitrogens with one attached hydrogen (secondary N) is 1. The molecule has 0 fully saturated rings. The Kier molecular flexibility index (Phi) is 9.95. The summed E-state index contributed by atoms with van der Waals surface area (Å²) in [7, 11) is 0. The van der Waals surface area contributed by atoms with E-state index in [2.05, 4.69) is 17.0 Å². The van der Waals surface area contributed by atoms with Crippen molar-refractivity contribution in [3.63, 3.8) is 0 Å². The van der Waals surface area contributed by atoms with Crippen LogP contribution in [-0.4, -0.2) is 23.9 Å². The average Bonchev–Trinajstić information content (AvgIpc) is 2.74. The second kappa shape index (κ2) is 12.4. The highest BCUT2D eigenvalue weighted by Gasteiger charge is 2.43. The van der Waals surface area contributed by atoms with Crippen LogP contribution in [0, 0.1) is 10.1 Å². The van der Waals surface area contributed by atoms with Gasteiger partial charge in [0.05, 0.1) is 22.8 Å². The van der Waals surface area contributed by atoms with Gasteiger partial charge in [-0.05, 0) is 26.3 Å². The van der Waals surface area contributed by atoms with E-state index in [1.165, 1.54) is 38.5 Å². The predicted octanol–water partition coefficient (Wildman–Crippen LogP) is 6.35. The second-order valence-electron chi connectivity index (χ2n) is 8.21. The van der Waals surface area contributed by atoms with E-state index in [1.807, 2.05) is 0 Å². The van der Waals surface area contributed by atoms with Gasteiger partial charge in [-0.1, -0.05) is 63.6 Å². The largest absolute Gasteiger partial charge is 0.573 e. The van der Waals surface area contributed by atoms with Crippen molar-refractivity contribution >= 4 is 5.97 Å². The Morgan fingerprint density at radius 3 is 2.29 bits per heavy atom. The summed E-state index contributed by atoms with van der Waals surface area (Å²) in [5.74, 6) is -2.81. The number of carbonyl (C=O) groups excluding carboxylic acids is 1. The molecule has 34 heavy (non-hydrogen) atoms. The number of hydrogen-bond donors (Lipinski definition) is 1. The molecule has 2 rings (SSSR count). The Morgan fingerprint density at radius 1 is 1.06 bits per heavy atom. The first-order valence-electron chi connectivity index (χ1n) is 11.4. The van der Waals surface area contributed by atoms with Gasteiger partial charge in [0.15, 0.2) is 0 Å². The zero-order valence-electron chi connectivity index (χ0n) is 19.7. The Labute approximate surface area is 197 Å². The normalized spacial score (nSPS) is 16.4. The number of esters is 1. The molecule has 0 radical (unpaired) electrons. The molecule has 0 bridgehead atoms. The number of nitro groups is 1. The lowest BCUT2D eigenvalue weighted by atomic mass is 9.83. The maximum Gasteiger partial charge on any atom is 0.573 e. The van der Waals surface area contributed by atoms with Crippen LogP contribution in [0.1, 0.15) is 77.2 Å². The molecule has 0 spiro atoms. The van der Waals surface area contributed by atoms with Gasteiger partial charge in [0, 0.05) is 11.3 Å². The van der Waals surface area contributed by atoms with Gasteiger partial charge in [0.2, 0.25) is 0 Å². The molecule has 1 atom stereocenters. The number of allylic oxidation sites excluding steroid dienone is 3. The summed E-state index contributed by atoms with van der Waals surface area (Å²) in [6, 6.07) is 5.10. The SMILES string of the molecule is CCCCCCCCCOC(=O)C1=C(C)NC(C)=C([N+](=O)[O-])C1c1ccccc1OC(F)(F)F. The standard InChI is InChI=1S/C24H31F3N2O5/c1-4-5-6-7-8-9-12-15-33-23(30)20-16(2)28-17(3)22(29(31)32)21(20)18-13-10-11-14-19(18)34-24(25,26)27/h10-11,13-14,21,28H,4-9,12,15H2,1-3H3. The number of carbonyl (C=O) groups is 1. The van der Waals surface area contributed by atoms with E-state index < -0.39 is 34.6 Å². The third kappa shape index (κ3) is 7.50. The molecule has 0 amide bonds. The molecule has 1 aromatic rings. The Hall–Kier alpha value is -3.04. The summed E-state index contributed by atoms with van der Waals surface area (Å²) in [5, 5.41) is 14.7. The lowest BCUT2D eigenvalue weighted by molar-refractivity contribution is -0.431. The molecular weight excluding hydrogens is 453 g/mol. The summed E-state index contributed by atoms with van der Waals surface area (Å²) in [6.45, 7) is 5.22. The van der Waals surface area contributed by atoms with Crippen molar-refractivity contribution in [2.75, 3.05) is 6.61 Å². The highest BCUT2D eigenvalue weighted by atomic mass is 19.4. The molecule has 0 aromatic heterocycles. The number of para-hydroxylation sites is 1. The van der Waals surface area contributed by atoms with Gasteiger partial charge in [0.1, 0.15) is 11.7 Å². The van der Waals surface area contributed by atoms with Gasteiger partial charge >= 0.3 is 12.3 Å². The number of ether oxygens (including phenoxy) is 2. The average molecular weight is 485 g/mol. The van der Waals surface area contributed by atoms with E-state index in [-0.39, 0.29) is 29.1 Å². The quantitative estimate of drug-likeness (QED) is 0.161. The molecule has 188 valence electrons. The number of hydrogen-bond acceptors (Lipinski definition) is 6. The molecule has 1 aliphatic heterocycles. The predicted molar refractivity (Wildman–Crippen MR) is 120 cm³/mol. The maximum atomic E-state index is 13.0. The van der Waals surface area contributed by atoms with Crippen molar-refractivity contribution in [3.05, 3.63) is 62.6 Å². The van der Waals surface area contributed by atoms with Crippen molar-refractivity contribution < 1.29 is 32.4 Å².